The number of rotatable bonds is 4. The lowest BCUT2D eigenvalue weighted by molar-refractivity contribution is -0.138. The maximum atomic E-state index is 13.4. The van der Waals surface area contributed by atoms with Crippen LogP contribution < -0.4 is 4.74 Å². The molecule has 0 radical (unpaired) electrons. The minimum atomic E-state index is -0.820. The molecule has 1 unspecified atom stereocenters. The molecule has 2 heterocycles. The van der Waals surface area contributed by atoms with E-state index in [9.17, 15) is 9.90 Å². The number of amides is 1. The monoisotopic (exact) mass is 410 g/mol. The van der Waals surface area contributed by atoms with Crippen LogP contribution in [0.1, 0.15) is 56.1 Å². The summed E-state index contributed by atoms with van der Waals surface area (Å²) >= 11 is 0. The van der Waals surface area contributed by atoms with E-state index in [0.29, 0.717) is 6.42 Å². The summed E-state index contributed by atoms with van der Waals surface area (Å²) in [7, 11) is 1.71. The van der Waals surface area contributed by atoms with Crippen LogP contribution in [0.2, 0.25) is 0 Å². The van der Waals surface area contributed by atoms with Crippen molar-refractivity contribution in [1.82, 2.24) is 9.80 Å². The van der Waals surface area contributed by atoms with Gasteiger partial charge in [0.05, 0.1) is 12.7 Å². The molecule has 5 aliphatic rings. The summed E-state index contributed by atoms with van der Waals surface area (Å²) in [4.78, 5) is 18.0. The molecule has 1 aromatic rings. The average Bonchev–Trinajstić information content (AvgIpc) is 3.26. The first kappa shape index (κ1) is 19.1. The van der Waals surface area contributed by atoms with Crippen molar-refractivity contribution < 1.29 is 14.6 Å². The van der Waals surface area contributed by atoms with E-state index < -0.39 is 5.60 Å². The topological polar surface area (TPSA) is 53.0 Å². The normalized spacial score (nSPS) is 37.7. The van der Waals surface area contributed by atoms with Crippen LogP contribution in [0.5, 0.6) is 5.75 Å². The number of methoxy groups -OCH3 is 1. The molecule has 0 aromatic heterocycles. The Bertz CT molecular complexity index is 862. The standard InChI is InChI=1S/C25H34N2O3/c1-30-20-7-6-18-12-22-25(29)15-19(23(28)26-9-2-3-10-26)14-24(25,21(18)13-20)8-11-27(22)16-17-4-5-17/h6-7,13,17,19,22,29H,2-5,8-12,14-16H2,1H3/t19-,22+,24?,25+/m0/s1. The largest absolute Gasteiger partial charge is 0.497 e. The third kappa shape index (κ3) is 2.64. The highest BCUT2D eigenvalue weighted by atomic mass is 16.5. The molecule has 3 aliphatic carbocycles. The van der Waals surface area contributed by atoms with Crippen molar-refractivity contribution >= 4 is 5.91 Å². The second-order valence-corrected chi connectivity index (χ2v) is 10.6. The van der Waals surface area contributed by atoms with Crippen molar-refractivity contribution in [3.8, 4) is 5.75 Å². The first-order valence-corrected chi connectivity index (χ1v) is 12.0. The lowest BCUT2D eigenvalue weighted by Crippen LogP contribution is -2.69. The molecule has 30 heavy (non-hydrogen) atoms. The van der Waals surface area contributed by atoms with Gasteiger partial charge >= 0.3 is 0 Å². The minimum absolute atomic E-state index is 0.0615. The highest BCUT2D eigenvalue weighted by Crippen LogP contribution is 2.62. The number of carbonyl (C=O) groups is 1. The summed E-state index contributed by atoms with van der Waals surface area (Å²) < 4.78 is 5.57. The van der Waals surface area contributed by atoms with Gasteiger partial charge in [0, 0.05) is 37.0 Å². The second kappa shape index (κ2) is 6.70. The van der Waals surface area contributed by atoms with E-state index in [2.05, 4.69) is 28.0 Å². The Kier molecular flexibility index (Phi) is 4.27. The van der Waals surface area contributed by atoms with Crippen LogP contribution in [-0.4, -0.2) is 65.7 Å². The summed E-state index contributed by atoms with van der Waals surface area (Å²) in [6.07, 6.45) is 8.12. The molecule has 5 heteroatoms. The number of hydrogen-bond acceptors (Lipinski definition) is 4. The smallest absolute Gasteiger partial charge is 0.225 e. The number of fused-ring (bicyclic) bond motifs is 1. The van der Waals surface area contributed by atoms with Gasteiger partial charge in [-0.15, -0.1) is 0 Å². The van der Waals surface area contributed by atoms with Crippen molar-refractivity contribution in [2.45, 2.75) is 68.4 Å². The number of carbonyl (C=O) groups excluding carboxylic acids is 1. The van der Waals surface area contributed by atoms with Crippen molar-refractivity contribution in [3.05, 3.63) is 29.3 Å². The van der Waals surface area contributed by atoms with E-state index in [0.717, 1.165) is 70.0 Å². The Balaban J connectivity index is 1.42. The maximum Gasteiger partial charge on any atom is 0.225 e. The first-order chi connectivity index (χ1) is 14.5. The van der Waals surface area contributed by atoms with Crippen LogP contribution in [0.25, 0.3) is 0 Å². The molecule has 5 nitrogen and oxygen atoms in total. The van der Waals surface area contributed by atoms with Gasteiger partial charge in [0.2, 0.25) is 5.91 Å². The Hall–Kier alpha value is -1.59. The fraction of sp³-hybridized carbons (Fsp3) is 0.720. The Morgan fingerprint density at radius 1 is 1.20 bits per heavy atom. The molecule has 4 atom stereocenters. The number of piperidine rings is 1. The van der Waals surface area contributed by atoms with Gasteiger partial charge in [0.1, 0.15) is 5.75 Å². The van der Waals surface area contributed by atoms with Gasteiger partial charge in [-0.25, -0.2) is 0 Å². The first-order valence-electron chi connectivity index (χ1n) is 12.0. The highest BCUT2D eigenvalue weighted by molar-refractivity contribution is 5.80. The van der Waals surface area contributed by atoms with Gasteiger partial charge in [-0.1, -0.05) is 6.07 Å². The molecular weight excluding hydrogens is 376 g/mol. The number of nitrogens with zero attached hydrogens (tertiary/aromatic N) is 2. The van der Waals surface area contributed by atoms with Crippen molar-refractivity contribution in [2.24, 2.45) is 11.8 Å². The predicted octanol–water partition coefficient (Wildman–Crippen LogP) is 2.74. The van der Waals surface area contributed by atoms with Crippen LogP contribution >= 0.6 is 0 Å². The van der Waals surface area contributed by atoms with Crippen LogP contribution in [0.3, 0.4) is 0 Å². The van der Waals surface area contributed by atoms with Crippen LogP contribution in [-0.2, 0) is 16.6 Å². The fourth-order valence-electron chi connectivity index (χ4n) is 7.32. The number of aliphatic hydroxyl groups is 1. The molecule has 162 valence electrons. The molecule has 2 bridgehead atoms. The predicted molar refractivity (Wildman–Crippen MR) is 115 cm³/mol. The van der Waals surface area contributed by atoms with E-state index in [4.69, 9.17) is 4.74 Å². The van der Waals surface area contributed by atoms with Gasteiger partial charge < -0.3 is 14.7 Å². The third-order valence-electron chi connectivity index (χ3n) is 9.00. The molecule has 1 amide bonds. The second-order valence-electron chi connectivity index (χ2n) is 10.6. The molecule has 2 saturated heterocycles. The van der Waals surface area contributed by atoms with Gasteiger partial charge in [-0.3, -0.25) is 9.69 Å². The maximum absolute atomic E-state index is 13.4. The minimum Gasteiger partial charge on any atom is -0.497 e. The summed E-state index contributed by atoms with van der Waals surface area (Å²) in [5, 5.41) is 12.4. The zero-order valence-corrected chi connectivity index (χ0v) is 18.1. The van der Waals surface area contributed by atoms with E-state index in [1.165, 1.54) is 24.0 Å². The van der Waals surface area contributed by atoms with E-state index in [1.54, 1.807) is 7.11 Å². The third-order valence-corrected chi connectivity index (χ3v) is 9.00. The highest BCUT2D eigenvalue weighted by Gasteiger charge is 2.68. The molecule has 0 spiro atoms. The van der Waals surface area contributed by atoms with Crippen molar-refractivity contribution in [2.75, 3.05) is 33.3 Å². The van der Waals surface area contributed by atoms with Crippen LogP contribution in [0.4, 0.5) is 0 Å². The average molecular weight is 411 g/mol. The number of ether oxygens (including phenoxy) is 1. The van der Waals surface area contributed by atoms with Crippen molar-refractivity contribution in [1.29, 1.82) is 0 Å². The van der Waals surface area contributed by atoms with E-state index in [1.807, 2.05) is 0 Å². The molecule has 2 saturated carbocycles. The zero-order chi connectivity index (χ0) is 20.5. The molecule has 4 fully saturated rings. The number of hydrogen-bond donors (Lipinski definition) is 1. The summed E-state index contributed by atoms with van der Waals surface area (Å²) in [5.41, 5.74) is 1.46. The molecule has 2 aliphatic heterocycles. The van der Waals surface area contributed by atoms with Gasteiger partial charge in [0.15, 0.2) is 0 Å². The van der Waals surface area contributed by atoms with Crippen LogP contribution in [0, 0.1) is 11.8 Å². The van der Waals surface area contributed by atoms with E-state index in [-0.39, 0.29) is 23.3 Å². The summed E-state index contributed by atoms with van der Waals surface area (Å²) in [5.74, 6) is 1.89. The quantitative estimate of drug-likeness (QED) is 0.829. The molecular formula is C25H34N2O3. The van der Waals surface area contributed by atoms with Crippen molar-refractivity contribution in [3.63, 3.8) is 0 Å². The lowest BCUT2D eigenvalue weighted by atomic mass is 9.56. The van der Waals surface area contributed by atoms with Crippen LogP contribution in [0.15, 0.2) is 18.2 Å². The lowest BCUT2D eigenvalue weighted by Gasteiger charge is -2.59. The zero-order valence-electron chi connectivity index (χ0n) is 18.1. The van der Waals surface area contributed by atoms with Gasteiger partial charge in [-0.05, 0) is 87.1 Å². The Labute approximate surface area is 179 Å². The van der Waals surface area contributed by atoms with Gasteiger partial charge in [-0.2, -0.15) is 0 Å². The van der Waals surface area contributed by atoms with Gasteiger partial charge in [0.25, 0.3) is 0 Å². The molecule has 1 aromatic carbocycles. The Morgan fingerprint density at radius 2 is 2.00 bits per heavy atom. The molecule has 1 N–H and O–H groups in total. The Morgan fingerprint density at radius 3 is 2.73 bits per heavy atom. The van der Waals surface area contributed by atoms with E-state index >= 15 is 0 Å². The summed E-state index contributed by atoms with van der Waals surface area (Å²) in [6.45, 7) is 3.93. The number of benzene rings is 1. The summed E-state index contributed by atoms with van der Waals surface area (Å²) in [6, 6.07) is 6.56. The fourth-order valence-corrected chi connectivity index (χ4v) is 7.32. The SMILES string of the molecule is COc1ccc2c(c1)C13CCN(CC4CC4)[C@H](C2)[C@]1(O)C[C@@H](C(=O)N1CCCC1)C3. The molecule has 6 rings (SSSR count). The number of likely N-dealkylation sites (tertiary alicyclic amines) is 2.